The van der Waals surface area contributed by atoms with E-state index in [1.54, 1.807) is 13.0 Å². The van der Waals surface area contributed by atoms with Gasteiger partial charge < -0.3 is 5.32 Å². The quantitative estimate of drug-likeness (QED) is 0.680. The van der Waals surface area contributed by atoms with Crippen molar-refractivity contribution < 1.29 is 9.59 Å². The predicted molar refractivity (Wildman–Crippen MR) is 79.7 cm³/mol. The lowest BCUT2D eigenvalue weighted by Gasteiger charge is -2.28. The van der Waals surface area contributed by atoms with Crippen molar-refractivity contribution in [1.29, 1.82) is 0 Å². The highest BCUT2D eigenvalue weighted by Gasteiger charge is 2.26. The third-order valence-electron chi connectivity index (χ3n) is 2.79. The average molecular weight is 282 g/mol. The number of nitrogens with one attached hydrogen (secondary N) is 1. The van der Waals surface area contributed by atoms with Gasteiger partial charge in [-0.25, -0.2) is 0 Å². The van der Waals surface area contributed by atoms with Crippen molar-refractivity contribution in [3.8, 4) is 0 Å². The molecule has 0 bridgehead atoms. The lowest BCUT2D eigenvalue weighted by molar-refractivity contribution is -0.119. The number of halogens is 1. The molecule has 19 heavy (non-hydrogen) atoms. The van der Waals surface area contributed by atoms with Crippen molar-refractivity contribution in [2.75, 3.05) is 0 Å². The zero-order valence-electron chi connectivity index (χ0n) is 11.7. The van der Waals surface area contributed by atoms with Gasteiger partial charge in [-0.2, -0.15) is 0 Å². The summed E-state index contributed by atoms with van der Waals surface area (Å²) in [5.41, 5.74) is 1.28. The first-order valence-electron chi connectivity index (χ1n) is 5.84. The topological polar surface area (TPSA) is 46.2 Å². The van der Waals surface area contributed by atoms with Crippen LogP contribution in [0, 0.1) is 0 Å². The van der Waals surface area contributed by atoms with E-state index >= 15 is 0 Å². The number of ketones is 1. The van der Waals surface area contributed by atoms with Crippen LogP contribution in [0.5, 0.6) is 0 Å². The van der Waals surface area contributed by atoms with Gasteiger partial charge in [0.2, 0.25) is 5.91 Å². The third kappa shape index (κ3) is 4.21. The summed E-state index contributed by atoms with van der Waals surface area (Å²) in [5.74, 6) is -0.221. The molecule has 1 aromatic carbocycles. The number of rotatable bonds is 4. The number of carbonyl (C=O) groups is 2. The zero-order chi connectivity index (χ0) is 13.9. The summed E-state index contributed by atoms with van der Waals surface area (Å²) in [7, 11) is 0. The summed E-state index contributed by atoms with van der Waals surface area (Å²) < 4.78 is 0. The van der Waals surface area contributed by atoms with Gasteiger partial charge in [0.15, 0.2) is 5.78 Å². The van der Waals surface area contributed by atoms with E-state index in [4.69, 9.17) is 0 Å². The second-order valence-electron chi connectivity index (χ2n) is 4.96. The summed E-state index contributed by atoms with van der Waals surface area (Å²) in [6, 6.07) is 7.30. The van der Waals surface area contributed by atoms with Crippen LogP contribution in [0.1, 0.15) is 43.6 Å². The summed E-state index contributed by atoms with van der Waals surface area (Å²) >= 11 is 0. The molecule has 0 fully saturated rings. The molecule has 0 aliphatic heterocycles. The maximum absolute atomic E-state index is 11.7. The van der Waals surface area contributed by atoms with Gasteiger partial charge in [-0.05, 0) is 33.3 Å². The SMILES string of the molecule is C=C(C)C(=O)NC(C)(C)c1ccccc1C(C)=O.Cl. The molecule has 1 rings (SSSR count). The molecule has 1 amide bonds. The number of hydrogen-bond acceptors (Lipinski definition) is 2. The first-order chi connectivity index (χ1) is 8.25. The van der Waals surface area contributed by atoms with Crippen molar-refractivity contribution in [2.45, 2.75) is 33.2 Å². The number of benzene rings is 1. The van der Waals surface area contributed by atoms with Crippen LogP contribution in [-0.2, 0) is 10.3 Å². The number of amides is 1. The molecule has 0 atom stereocenters. The Hall–Kier alpha value is -1.61. The molecule has 0 aromatic heterocycles. The first-order valence-corrected chi connectivity index (χ1v) is 5.84. The number of Topliss-reactive ketones (excluding diaryl/α,β-unsaturated/α-hetero) is 1. The number of carbonyl (C=O) groups excluding carboxylic acids is 2. The van der Waals surface area contributed by atoms with Crippen LogP contribution in [0.4, 0.5) is 0 Å². The molecule has 1 N–H and O–H groups in total. The fourth-order valence-corrected chi connectivity index (χ4v) is 1.79. The van der Waals surface area contributed by atoms with Crippen LogP contribution < -0.4 is 5.32 Å². The molecule has 0 spiro atoms. The van der Waals surface area contributed by atoms with Gasteiger partial charge in [-0.15, -0.1) is 12.4 Å². The van der Waals surface area contributed by atoms with E-state index in [-0.39, 0.29) is 24.1 Å². The summed E-state index contributed by atoms with van der Waals surface area (Å²) in [5, 5.41) is 2.88. The predicted octanol–water partition coefficient (Wildman–Crippen LogP) is 3.24. The van der Waals surface area contributed by atoms with E-state index in [1.165, 1.54) is 6.92 Å². The van der Waals surface area contributed by atoms with Gasteiger partial charge in [0.1, 0.15) is 0 Å². The molecular weight excluding hydrogens is 262 g/mol. The van der Waals surface area contributed by atoms with E-state index in [0.29, 0.717) is 11.1 Å². The summed E-state index contributed by atoms with van der Waals surface area (Å²) in [6.07, 6.45) is 0. The molecule has 0 unspecified atom stereocenters. The molecular formula is C15H20ClNO2. The minimum Gasteiger partial charge on any atom is -0.343 e. The van der Waals surface area contributed by atoms with Gasteiger partial charge in [0.25, 0.3) is 0 Å². The van der Waals surface area contributed by atoms with Gasteiger partial charge in [-0.3, -0.25) is 9.59 Å². The molecule has 0 aliphatic rings. The third-order valence-corrected chi connectivity index (χ3v) is 2.79. The fraction of sp³-hybridized carbons (Fsp3) is 0.333. The summed E-state index contributed by atoms with van der Waals surface area (Å²) in [6.45, 7) is 10.5. The van der Waals surface area contributed by atoms with E-state index in [1.807, 2.05) is 32.0 Å². The molecule has 4 heteroatoms. The average Bonchev–Trinajstić information content (AvgIpc) is 2.28. The van der Waals surface area contributed by atoms with E-state index in [2.05, 4.69) is 11.9 Å². The Morgan fingerprint density at radius 2 is 1.68 bits per heavy atom. The highest BCUT2D eigenvalue weighted by atomic mass is 35.5. The molecule has 1 aromatic rings. The Balaban J connectivity index is 0.00000324. The standard InChI is InChI=1S/C15H19NO2.ClH/c1-10(2)14(18)16-15(4,5)13-9-7-6-8-12(13)11(3)17;/h6-9H,1H2,2-5H3,(H,16,18);1H. The smallest absolute Gasteiger partial charge is 0.246 e. The van der Waals surface area contributed by atoms with Gasteiger partial charge in [0, 0.05) is 11.1 Å². The second-order valence-corrected chi connectivity index (χ2v) is 4.96. The molecule has 0 aliphatic carbocycles. The van der Waals surface area contributed by atoms with E-state index in [9.17, 15) is 9.59 Å². The van der Waals surface area contributed by atoms with E-state index in [0.717, 1.165) is 5.56 Å². The first kappa shape index (κ1) is 17.4. The molecule has 0 heterocycles. The fourth-order valence-electron chi connectivity index (χ4n) is 1.79. The van der Waals surface area contributed by atoms with Crippen LogP contribution in [0.2, 0.25) is 0 Å². The van der Waals surface area contributed by atoms with Gasteiger partial charge in [0.05, 0.1) is 5.54 Å². The number of hydrogen-bond donors (Lipinski definition) is 1. The van der Waals surface area contributed by atoms with Crippen LogP contribution in [0.3, 0.4) is 0 Å². The molecule has 0 saturated heterocycles. The Bertz CT molecular complexity index is 507. The van der Waals surface area contributed by atoms with Crippen molar-refractivity contribution in [3.63, 3.8) is 0 Å². The molecule has 0 radical (unpaired) electrons. The Labute approximate surface area is 120 Å². The largest absolute Gasteiger partial charge is 0.343 e. The van der Waals surface area contributed by atoms with Crippen LogP contribution in [0.25, 0.3) is 0 Å². The Kier molecular flexibility index (Phi) is 5.97. The van der Waals surface area contributed by atoms with Crippen molar-refractivity contribution in [3.05, 3.63) is 47.5 Å². The maximum atomic E-state index is 11.7. The molecule has 0 saturated carbocycles. The van der Waals surface area contributed by atoms with Gasteiger partial charge >= 0.3 is 0 Å². The van der Waals surface area contributed by atoms with Crippen LogP contribution in [0.15, 0.2) is 36.4 Å². The molecule has 104 valence electrons. The minimum atomic E-state index is -0.613. The zero-order valence-corrected chi connectivity index (χ0v) is 12.6. The van der Waals surface area contributed by atoms with Crippen LogP contribution in [-0.4, -0.2) is 11.7 Å². The van der Waals surface area contributed by atoms with Crippen LogP contribution >= 0.6 is 12.4 Å². The second kappa shape index (κ2) is 6.53. The minimum absolute atomic E-state index is 0. The monoisotopic (exact) mass is 281 g/mol. The Morgan fingerprint density at radius 1 is 1.16 bits per heavy atom. The highest BCUT2D eigenvalue weighted by molar-refractivity contribution is 5.97. The normalized spacial score (nSPS) is 10.3. The van der Waals surface area contributed by atoms with Crippen molar-refractivity contribution in [1.82, 2.24) is 5.32 Å². The Morgan fingerprint density at radius 3 is 2.16 bits per heavy atom. The lowest BCUT2D eigenvalue weighted by Crippen LogP contribution is -2.42. The maximum Gasteiger partial charge on any atom is 0.246 e. The van der Waals surface area contributed by atoms with Crippen molar-refractivity contribution in [2.24, 2.45) is 0 Å². The van der Waals surface area contributed by atoms with E-state index < -0.39 is 5.54 Å². The lowest BCUT2D eigenvalue weighted by atomic mass is 9.88. The van der Waals surface area contributed by atoms with Crippen molar-refractivity contribution >= 4 is 24.1 Å². The molecule has 3 nitrogen and oxygen atoms in total. The summed E-state index contributed by atoms with van der Waals surface area (Å²) in [4.78, 5) is 23.3. The highest BCUT2D eigenvalue weighted by Crippen LogP contribution is 2.24. The van der Waals surface area contributed by atoms with Gasteiger partial charge in [-0.1, -0.05) is 30.8 Å².